The van der Waals surface area contributed by atoms with Crippen molar-refractivity contribution in [3.05, 3.63) is 35.2 Å². The Morgan fingerprint density at radius 3 is 2.83 bits per heavy atom. The lowest BCUT2D eigenvalue weighted by atomic mass is 10.1. The molecule has 0 unspecified atom stereocenters. The first-order valence-electron chi connectivity index (χ1n) is 6.08. The molecule has 5 heteroatoms. The number of hydrogen-bond donors (Lipinski definition) is 1. The molecule has 4 nitrogen and oxygen atoms in total. The van der Waals surface area contributed by atoms with Crippen LogP contribution in [0, 0.1) is 0 Å². The van der Waals surface area contributed by atoms with Gasteiger partial charge >= 0.3 is 0 Å². The fourth-order valence-corrected chi connectivity index (χ4v) is 2.61. The Hall–Kier alpha value is -1.39. The first kappa shape index (κ1) is 11.7. The normalized spacial score (nSPS) is 23.4. The van der Waals surface area contributed by atoms with E-state index in [1.54, 1.807) is 0 Å². The molecular weight excluding hydrogens is 250 g/mol. The standard InChI is InChI=1S/C13H14ClN3O/c14-11-4-2-1-3-10(11)12-16-13(18-17-12)8-5-6-9(15)7-8/h1-4,8-9H,5-7,15H2/t8-,9+/m1/s1. The summed E-state index contributed by atoms with van der Waals surface area (Å²) in [6, 6.07) is 7.74. The van der Waals surface area contributed by atoms with Crippen LogP contribution < -0.4 is 5.73 Å². The van der Waals surface area contributed by atoms with Crippen molar-refractivity contribution in [2.45, 2.75) is 31.2 Å². The van der Waals surface area contributed by atoms with Crippen LogP contribution >= 0.6 is 11.6 Å². The van der Waals surface area contributed by atoms with Gasteiger partial charge in [-0.05, 0) is 31.4 Å². The molecule has 1 aromatic heterocycles. The maximum Gasteiger partial charge on any atom is 0.230 e. The third kappa shape index (κ3) is 2.13. The van der Waals surface area contributed by atoms with Gasteiger partial charge < -0.3 is 10.3 Å². The summed E-state index contributed by atoms with van der Waals surface area (Å²) in [5, 5.41) is 4.64. The summed E-state index contributed by atoms with van der Waals surface area (Å²) in [6.07, 6.45) is 2.96. The van der Waals surface area contributed by atoms with E-state index in [0.29, 0.717) is 22.7 Å². The van der Waals surface area contributed by atoms with Gasteiger partial charge in [0.2, 0.25) is 11.7 Å². The molecule has 2 aromatic rings. The number of halogens is 1. The van der Waals surface area contributed by atoms with Gasteiger partial charge in [-0.3, -0.25) is 0 Å². The highest BCUT2D eigenvalue weighted by molar-refractivity contribution is 6.33. The van der Waals surface area contributed by atoms with E-state index >= 15 is 0 Å². The third-order valence-electron chi connectivity index (χ3n) is 3.38. The van der Waals surface area contributed by atoms with Crippen LogP contribution in [0.25, 0.3) is 11.4 Å². The maximum atomic E-state index is 6.11. The van der Waals surface area contributed by atoms with Crippen molar-refractivity contribution in [2.24, 2.45) is 5.73 Å². The molecule has 1 aliphatic rings. The zero-order chi connectivity index (χ0) is 12.5. The summed E-state index contributed by atoms with van der Waals surface area (Å²) in [5.74, 6) is 1.53. The van der Waals surface area contributed by atoms with Crippen molar-refractivity contribution in [3.8, 4) is 11.4 Å². The van der Waals surface area contributed by atoms with Crippen molar-refractivity contribution >= 4 is 11.6 Å². The minimum Gasteiger partial charge on any atom is -0.339 e. The van der Waals surface area contributed by atoms with Crippen molar-refractivity contribution in [2.75, 3.05) is 0 Å². The zero-order valence-corrected chi connectivity index (χ0v) is 10.6. The molecule has 0 aliphatic heterocycles. The van der Waals surface area contributed by atoms with Gasteiger partial charge in [0.25, 0.3) is 0 Å². The fourth-order valence-electron chi connectivity index (χ4n) is 2.39. The molecule has 0 bridgehead atoms. The summed E-state index contributed by atoms with van der Waals surface area (Å²) in [7, 11) is 0. The van der Waals surface area contributed by atoms with Gasteiger partial charge in [0.1, 0.15) is 0 Å². The Morgan fingerprint density at radius 2 is 2.11 bits per heavy atom. The Balaban J connectivity index is 1.88. The summed E-state index contributed by atoms with van der Waals surface area (Å²) in [4.78, 5) is 4.44. The molecule has 1 fully saturated rings. The quantitative estimate of drug-likeness (QED) is 0.905. The van der Waals surface area contributed by atoms with E-state index < -0.39 is 0 Å². The molecule has 0 saturated heterocycles. The minimum atomic E-state index is 0.255. The molecule has 18 heavy (non-hydrogen) atoms. The smallest absolute Gasteiger partial charge is 0.230 e. The van der Waals surface area contributed by atoms with Crippen LogP contribution in [-0.4, -0.2) is 16.2 Å². The van der Waals surface area contributed by atoms with Crippen molar-refractivity contribution in [1.82, 2.24) is 10.1 Å². The van der Waals surface area contributed by atoms with Crippen molar-refractivity contribution < 1.29 is 4.52 Å². The number of nitrogens with zero attached hydrogens (tertiary/aromatic N) is 2. The second-order valence-electron chi connectivity index (χ2n) is 4.71. The first-order chi connectivity index (χ1) is 8.74. The highest BCUT2D eigenvalue weighted by Crippen LogP contribution is 2.34. The van der Waals surface area contributed by atoms with E-state index in [4.69, 9.17) is 21.9 Å². The van der Waals surface area contributed by atoms with Gasteiger partial charge in [0.15, 0.2) is 0 Å². The third-order valence-corrected chi connectivity index (χ3v) is 3.71. The molecule has 1 aromatic carbocycles. The molecule has 1 saturated carbocycles. The lowest BCUT2D eigenvalue weighted by Crippen LogP contribution is -2.14. The van der Waals surface area contributed by atoms with Crippen molar-refractivity contribution in [3.63, 3.8) is 0 Å². The van der Waals surface area contributed by atoms with Crippen LogP contribution in [0.15, 0.2) is 28.8 Å². The topological polar surface area (TPSA) is 64.9 Å². The fraction of sp³-hybridized carbons (Fsp3) is 0.385. The maximum absolute atomic E-state index is 6.11. The van der Waals surface area contributed by atoms with Gasteiger partial charge in [-0.2, -0.15) is 4.98 Å². The molecule has 3 rings (SSSR count). The SMILES string of the molecule is N[C@H]1CC[C@@H](c2nc(-c3ccccc3Cl)no2)C1. The molecule has 0 spiro atoms. The molecule has 94 valence electrons. The number of nitrogens with two attached hydrogens (primary N) is 1. The molecule has 1 heterocycles. The molecule has 2 atom stereocenters. The molecule has 0 amide bonds. The second kappa shape index (κ2) is 4.71. The van der Waals surface area contributed by atoms with Crippen LogP contribution in [-0.2, 0) is 0 Å². The lowest BCUT2D eigenvalue weighted by molar-refractivity contribution is 0.353. The van der Waals surface area contributed by atoms with Crippen LogP contribution in [0.5, 0.6) is 0 Å². The van der Waals surface area contributed by atoms with Crippen LogP contribution in [0.1, 0.15) is 31.1 Å². The van der Waals surface area contributed by atoms with Crippen LogP contribution in [0.2, 0.25) is 5.02 Å². The van der Waals surface area contributed by atoms with E-state index in [-0.39, 0.29) is 6.04 Å². The predicted molar refractivity (Wildman–Crippen MR) is 69.3 cm³/mol. The number of rotatable bonds is 2. The van der Waals surface area contributed by atoms with Gasteiger partial charge in [0, 0.05) is 17.5 Å². The van der Waals surface area contributed by atoms with Crippen LogP contribution in [0.3, 0.4) is 0 Å². The zero-order valence-electron chi connectivity index (χ0n) is 9.84. The molecule has 2 N–H and O–H groups in total. The Morgan fingerprint density at radius 1 is 1.28 bits per heavy atom. The Kier molecular flexibility index (Phi) is 3.06. The van der Waals surface area contributed by atoms with E-state index in [9.17, 15) is 0 Å². The average molecular weight is 264 g/mol. The largest absolute Gasteiger partial charge is 0.339 e. The van der Waals surface area contributed by atoms with Gasteiger partial charge in [0.05, 0.1) is 5.02 Å². The van der Waals surface area contributed by atoms with E-state index in [1.807, 2.05) is 24.3 Å². The monoisotopic (exact) mass is 263 g/mol. The second-order valence-corrected chi connectivity index (χ2v) is 5.11. The number of hydrogen-bond acceptors (Lipinski definition) is 4. The number of aromatic nitrogens is 2. The Labute approximate surface area is 110 Å². The summed E-state index contributed by atoms with van der Waals surface area (Å²) in [6.45, 7) is 0. The van der Waals surface area contributed by atoms with Gasteiger partial charge in [-0.1, -0.05) is 28.9 Å². The molecular formula is C13H14ClN3O. The summed E-state index contributed by atoms with van der Waals surface area (Å²) < 4.78 is 5.33. The Bertz CT molecular complexity index is 555. The summed E-state index contributed by atoms with van der Waals surface area (Å²) in [5.41, 5.74) is 6.70. The van der Waals surface area contributed by atoms with Gasteiger partial charge in [-0.25, -0.2) is 0 Å². The predicted octanol–water partition coefficient (Wildman–Crippen LogP) is 2.98. The van der Waals surface area contributed by atoms with Crippen molar-refractivity contribution in [1.29, 1.82) is 0 Å². The van der Waals surface area contributed by atoms with Crippen LogP contribution in [0.4, 0.5) is 0 Å². The minimum absolute atomic E-state index is 0.255. The summed E-state index contributed by atoms with van der Waals surface area (Å²) >= 11 is 6.11. The molecule has 1 aliphatic carbocycles. The van der Waals surface area contributed by atoms with E-state index in [0.717, 1.165) is 24.8 Å². The highest BCUT2D eigenvalue weighted by atomic mass is 35.5. The number of benzene rings is 1. The van der Waals surface area contributed by atoms with Gasteiger partial charge in [-0.15, -0.1) is 0 Å². The highest BCUT2D eigenvalue weighted by Gasteiger charge is 2.28. The van der Waals surface area contributed by atoms with E-state index in [1.165, 1.54) is 0 Å². The average Bonchev–Trinajstić information content (AvgIpc) is 2.98. The molecule has 0 radical (unpaired) electrons. The lowest BCUT2D eigenvalue weighted by Gasteiger charge is -2.01. The van der Waals surface area contributed by atoms with E-state index in [2.05, 4.69) is 10.1 Å². The first-order valence-corrected chi connectivity index (χ1v) is 6.46.